The Bertz CT molecular complexity index is 1550. The summed E-state index contributed by atoms with van der Waals surface area (Å²) in [7, 11) is 1.49. The Kier molecular flexibility index (Phi) is 32.2. The van der Waals surface area contributed by atoms with Crippen LogP contribution in [0.25, 0.3) is 0 Å². The van der Waals surface area contributed by atoms with E-state index in [1.807, 2.05) is 76.2 Å². The number of carbonyl (C=O) groups excluding carboxylic acids is 5. The number of esters is 5. The molecule has 0 aliphatic heterocycles. The Labute approximate surface area is 453 Å². The summed E-state index contributed by atoms with van der Waals surface area (Å²) in [6, 6.07) is 0. The maximum Gasteiger partial charge on any atom is 0.310 e. The van der Waals surface area contributed by atoms with Crippen LogP contribution < -0.4 is 0 Å². The van der Waals surface area contributed by atoms with Crippen molar-refractivity contribution >= 4 is 29.8 Å². The highest BCUT2D eigenvalue weighted by Crippen LogP contribution is 2.60. The second-order valence-corrected chi connectivity index (χ2v) is 23.5. The molecule has 9 rings (SSSR count). The minimum Gasteiger partial charge on any atom is -0.438 e. The van der Waals surface area contributed by atoms with Crippen LogP contribution in [0, 0.1) is 76.4 Å². The molecule has 9 aliphatic carbocycles. The highest BCUT2D eigenvalue weighted by Gasteiger charge is 2.51. The SMILES string of the molecule is CCC(C)C(=O)OCOC.CCC(C)C(=O)OCOC1C2CC3CC(C2)CC1C3.CCC(C)C(=O)OCOC1CCCCC1.CCC(C)C(=O)OCOCC12CC3CC(CC(C3)C1)C2.CCOCOC(=O)C(C)CC. The molecule has 9 aliphatic rings. The molecular weight excluding hydrogens is 961 g/mol. The summed E-state index contributed by atoms with van der Waals surface area (Å²) in [5, 5.41) is 0. The van der Waals surface area contributed by atoms with Crippen LogP contribution in [0.1, 0.15) is 211 Å². The van der Waals surface area contributed by atoms with Gasteiger partial charge in [0, 0.05) is 13.7 Å². The molecule has 15 nitrogen and oxygen atoms in total. The lowest BCUT2D eigenvalue weighted by molar-refractivity contribution is -0.189. The summed E-state index contributed by atoms with van der Waals surface area (Å²) in [5.74, 6) is 5.41. The summed E-state index contributed by atoms with van der Waals surface area (Å²) in [5.41, 5.74) is 0.414. The first kappa shape index (κ1) is 66.4. The summed E-state index contributed by atoms with van der Waals surface area (Å²) in [6.07, 6.45) is 26.0. The highest BCUT2D eigenvalue weighted by atomic mass is 16.7. The van der Waals surface area contributed by atoms with E-state index < -0.39 is 0 Å². The molecule has 5 unspecified atom stereocenters. The summed E-state index contributed by atoms with van der Waals surface area (Å²) < 4.78 is 51.5. The van der Waals surface area contributed by atoms with Crippen molar-refractivity contribution in [3.05, 3.63) is 0 Å². The maximum atomic E-state index is 11.6. The number of carbonyl (C=O) groups is 5. The van der Waals surface area contributed by atoms with E-state index in [2.05, 4.69) is 9.47 Å². The molecule has 15 heteroatoms. The Morgan fingerprint density at radius 1 is 0.427 bits per heavy atom. The molecule has 0 spiro atoms. The Balaban J connectivity index is 0.000000254. The summed E-state index contributed by atoms with van der Waals surface area (Å²) >= 11 is 0. The highest BCUT2D eigenvalue weighted by molar-refractivity contribution is 5.73. The van der Waals surface area contributed by atoms with Gasteiger partial charge < -0.3 is 47.4 Å². The van der Waals surface area contributed by atoms with Gasteiger partial charge in [-0.05, 0) is 169 Å². The van der Waals surface area contributed by atoms with Gasteiger partial charge in [-0.3, -0.25) is 24.0 Å². The van der Waals surface area contributed by atoms with Gasteiger partial charge >= 0.3 is 29.8 Å². The van der Waals surface area contributed by atoms with Crippen molar-refractivity contribution in [3.8, 4) is 0 Å². The zero-order valence-electron chi connectivity index (χ0n) is 49.0. The number of methoxy groups -OCH3 is 1. The molecule has 0 amide bonds. The van der Waals surface area contributed by atoms with Crippen molar-refractivity contribution in [1.82, 2.24) is 0 Å². The van der Waals surface area contributed by atoms with Crippen LogP contribution in [0.15, 0.2) is 0 Å². The van der Waals surface area contributed by atoms with Crippen molar-refractivity contribution in [2.75, 3.05) is 54.3 Å². The molecule has 0 saturated heterocycles. The average molecular weight is 1070 g/mol. The normalized spacial score (nSPS) is 28.6. The van der Waals surface area contributed by atoms with Crippen molar-refractivity contribution in [3.63, 3.8) is 0 Å². The third-order valence-corrected chi connectivity index (χ3v) is 17.4. The topological polar surface area (TPSA) is 178 Å². The van der Waals surface area contributed by atoms with E-state index in [9.17, 15) is 24.0 Å². The van der Waals surface area contributed by atoms with Crippen LogP contribution in [0.4, 0.5) is 0 Å². The van der Waals surface area contributed by atoms with Crippen LogP contribution in [-0.4, -0.2) is 96.3 Å². The predicted octanol–water partition coefficient (Wildman–Crippen LogP) is 12.8. The van der Waals surface area contributed by atoms with Gasteiger partial charge in [0.1, 0.15) is 0 Å². The number of rotatable bonds is 25. The predicted molar refractivity (Wildman–Crippen MR) is 287 cm³/mol. The van der Waals surface area contributed by atoms with Gasteiger partial charge in [0.2, 0.25) is 0 Å². The molecule has 0 N–H and O–H groups in total. The smallest absolute Gasteiger partial charge is 0.310 e. The Morgan fingerprint density at radius 3 is 1.15 bits per heavy atom. The Hall–Kier alpha value is -2.85. The van der Waals surface area contributed by atoms with Gasteiger partial charge in [-0.2, -0.15) is 0 Å². The van der Waals surface area contributed by atoms with Crippen molar-refractivity contribution in [2.45, 2.75) is 223 Å². The minimum absolute atomic E-state index is 0.0119. The summed E-state index contributed by atoms with van der Waals surface area (Å²) in [4.78, 5) is 56.3. The second-order valence-electron chi connectivity index (χ2n) is 23.5. The zero-order valence-corrected chi connectivity index (χ0v) is 49.0. The van der Waals surface area contributed by atoms with Crippen molar-refractivity contribution in [2.24, 2.45) is 76.4 Å². The quantitative estimate of drug-likeness (QED) is 0.0365. The number of ether oxygens (including phenoxy) is 10. The monoisotopic (exact) mass is 1070 g/mol. The molecule has 0 aromatic rings. The molecular formula is C60H106O15. The molecule has 436 valence electrons. The fourth-order valence-corrected chi connectivity index (χ4v) is 12.4. The summed E-state index contributed by atoms with van der Waals surface area (Å²) in [6.45, 7) is 23.1. The molecule has 0 aromatic heterocycles. The molecule has 5 atom stereocenters. The van der Waals surface area contributed by atoms with Gasteiger partial charge in [0.25, 0.3) is 0 Å². The van der Waals surface area contributed by atoms with E-state index in [1.54, 1.807) is 0 Å². The Morgan fingerprint density at radius 2 is 0.773 bits per heavy atom. The number of hydrogen-bond acceptors (Lipinski definition) is 15. The van der Waals surface area contributed by atoms with E-state index >= 15 is 0 Å². The largest absolute Gasteiger partial charge is 0.438 e. The van der Waals surface area contributed by atoms with E-state index in [0.29, 0.717) is 24.2 Å². The van der Waals surface area contributed by atoms with Crippen LogP contribution in [0.2, 0.25) is 0 Å². The van der Waals surface area contributed by atoms with Gasteiger partial charge in [-0.1, -0.05) is 88.5 Å². The van der Waals surface area contributed by atoms with E-state index in [0.717, 1.165) is 93.0 Å². The van der Waals surface area contributed by atoms with Gasteiger partial charge in [-0.15, -0.1) is 0 Å². The first-order valence-electron chi connectivity index (χ1n) is 29.7. The average Bonchev–Trinajstić information content (AvgIpc) is 3.41. The van der Waals surface area contributed by atoms with E-state index in [-0.39, 0.29) is 93.4 Å². The molecule has 0 radical (unpaired) electrons. The fourth-order valence-electron chi connectivity index (χ4n) is 12.4. The molecule has 75 heavy (non-hydrogen) atoms. The molecule has 9 fully saturated rings. The van der Waals surface area contributed by atoms with Gasteiger partial charge in [-0.25, -0.2) is 0 Å². The molecule has 9 saturated carbocycles. The van der Waals surface area contributed by atoms with Gasteiger partial charge in [0.15, 0.2) is 34.0 Å². The molecule has 8 bridgehead atoms. The lowest BCUT2D eigenvalue weighted by Crippen LogP contribution is -2.49. The van der Waals surface area contributed by atoms with Crippen molar-refractivity contribution < 1.29 is 71.3 Å². The van der Waals surface area contributed by atoms with Crippen LogP contribution in [0.3, 0.4) is 0 Å². The van der Waals surface area contributed by atoms with Crippen LogP contribution in [-0.2, 0) is 71.3 Å². The fraction of sp³-hybridized carbons (Fsp3) is 0.917. The van der Waals surface area contributed by atoms with Gasteiger partial charge in [0.05, 0.1) is 48.4 Å². The van der Waals surface area contributed by atoms with E-state index in [4.69, 9.17) is 37.9 Å². The first-order chi connectivity index (χ1) is 35.9. The van der Waals surface area contributed by atoms with Crippen LogP contribution in [0.5, 0.6) is 0 Å². The standard InChI is InChI=1S/C17H28O3.C16H26O3.C12H22O3.C8H16O3.C7H14O3/c1-3-12(2)16(18)20-11-19-10-17-7-13-4-14(8-17)6-15(5-13)9-17;1-3-10(2)16(17)19-9-18-15-13-5-11-4-12(7-13)8-14(15)6-11;1-3-10(2)12(13)15-9-14-11-7-5-4-6-8-11;1-4-7(3)8(9)11-6-10-5-2;1-4-6(2)7(8)10-5-9-3/h12-15H,3-11H2,1-2H3;10-15H,3-9H2,1-2H3;10-11H,3-9H2,1-2H3;7H,4-6H2,1-3H3;6H,4-5H2,1-3H3. The van der Waals surface area contributed by atoms with Crippen molar-refractivity contribution in [1.29, 1.82) is 0 Å². The second kappa shape index (κ2) is 36.3. The minimum atomic E-state index is -0.190. The molecule has 0 aromatic carbocycles. The maximum absolute atomic E-state index is 11.6. The van der Waals surface area contributed by atoms with E-state index in [1.165, 1.54) is 97.0 Å². The molecule has 0 heterocycles. The third-order valence-electron chi connectivity index (χ3n) is 17.4. The zero-order chi connectivity index (χ0) is 55.3. The van der Waals surface area contributed by atoms with Crippen LogP contribution >= 0.6 is 0 Å². The number of hydrogen-bond donors (Lipinski definition) is 0. The first-order valence-corrected chi connectivity index (χ1v) is 29.7. The third kappa shape index (κ3) is 24.0. The lowest BCUT2D eigenvalue weighted by atomic mass is 9.50. The lowest BCUT2D eigenvalue weighted by Gasteiger charge is -2.56.